The van der Waals surface area contributed by atoms with Crippen molar-refractivity contribution in [3.63, 3.8) is 0 Å². The van der Waals surface area contributed by atoms with Crippen LogP contribution in [0.2, 0.25) is 0 Å². The number of anilines is 1. The van der Waals surface area contributed by atoms with Crippen molar-refractivity contribution in [3.05, 3.63) is 48.5 Å². The molecular formula is C15H19N3O2. The van der Waals surface area contributed by atoms with Gasteiger partial charge in [0.1, 0.15) is 0 Å². The van der Waals surface area contributed by atoms with Crippen molar-refractivity contribution in [2.24, 2.45) is 5.41 Å². The molecule has 20 heavy (non-hydrogen) atoms. The number of nitrogen functional groups attached to an aromatic ring is 1. The highest BCUT2D eigenvalue weighted by atomic mass is 16.4. The van der Waals surface area contributed by atoms with Crippen LogP contribution in [0.1, 0.15) is 37.0 Å². The molecule has 0 amide bonds. The average molecular weight is 273 g/mol. The fourth-order valence-electron chi connectivity index (χ4n) is 1.40. The van der Waals surface area contributed by atoms with Crippen molar-refractivity contribution in [3.8, 4) is 0 Å². The third-order valence-electron chi connectivity index (χ3n) is 2.83. The summed E-state index contributed by atoms with van der Waals surface area (Å²) in [5.41, 5.74) is 6.33. The molecule has 0 atom stereocenters. The molecule has 5 nitrogen and oxygen atoms in total. The molecule has 0 saturated heterocycles. The molecule has 0 bridgehead atoms. The van der Waals surface area contributed by atoms with E-state index in [-0.39, 0.29) is 16.9 Å². The molecule has 3 N–H and O–H groups in total. The fourth-order valence-corrected chi connectivity index (χ4v) is 1.40. The molecule has 0 spiro atoms. The second kappa shape index (κ2) is 6.14. The van der Waals surface area contributed by atoms with E-state index in [1.165, 1.54) is 6.20 Å². The van der Waals surface area contributed by atoms with Gasteiger partial charge >= 0.3 is 5.97 Å². The minimum Gasteiger partial charge on any atom is -0.476 e. The predicted molar refractivity (Wildman–Crippen MR) is 80.2 cm³/mol. The first-order valence-electron chi connectivity index (χ1n) is 6.16. The first kappa shape index (κ1) is 15.6. The van der Waals surface area contributed by atoms with Crippen LogP contribution in [-0.4, -0.2) is 21.0 Å². The summed E-state index contributed by atoms with van der Waals surface area (Å²) in [6.45, 7) is 9.64. The largest absolute Gasteiger partial charge is 0.476 e. The number of nitrogens with two attached hydrogens (primary N) is 1. The molecule has 106 valence electrons. The van der Waals surface area contributed by atoms with Gasteiger partial charge in [-0.2, -0.15) is 0 Å². The van der Waals surface area contributed by atoms with Gasteiger partial charge in [-0.25, -0.2) is 14.8 Å². The second-order valence-corrected chi connectivity index (χ2v) is 4.90. The summed E-state index contributed by atoms with van der Waals surface area (Å²) in [7, 11) is 0. The molecule has 0 radical (unpaired) electrons. The maximum absolute atomic E-state index is 11.0. The molecule has 0 aromatic carbocycles. The summed E-state index contributed by atoms with van der Waals surface area (Å²) in [5, 5.41) is 9.01. The van der Waals surface area contributed by atoms with Crippen LogP contribution in [0.3, 0.4) is 0 Å². The molecule has 1 aromatic heterocycles. The summed E-state index contributed by atoms with van der Waals surface area (Å²) in [6.07, 6.45) is 8.96. The van der Waals surface area contributed by atoms with E-state index in [1.807, 2.05) is 45.1 Å². The third kappa shape index (κ3) is 3.78. The third-order valence-corrected chi connectivity index (χ3v) is 2.83. The molecule has 0 unspecified atom stereocenters. The fraction of sp³-hybridized carbons (Fsp3) is 0.267. The second-order valence-electron chi connectivity index (χ2n) is 4.90. The summed E-state index contributed by atoms with van der Waals surface area (Å²) in [6, 6.07) is 0. The molecule has 0 saturated carbocycles. The lowest BCUT2D eigenvalue weighted by atomic mass is 9.92. The molecule has 1 heterocycles. The average Bonchev–Trinajstić information content (AvgIpc) is 2.40. The molecule has 0 aliphatic heterocycles. The maximum Gasteiger partial charge on any atom is 0.358 e. The standard InChI is InChI=1S/C15H19N3O2/c1-5-10(7-8-15(3,4)6-2)11-9-17-13(16)12(18-11)14(19)20/h5-9H,2H2,1,3-4H3,(H2,16,17)(H,19,20)/b8-7-,10-5+. The minimum absolute atomic E-state index is 0.0906. The van der Waals surface area contributed by atoms with Crippen molar-refractivity contribution in [1.82, 2.24) is 9.97 Å². The summed E-state index contributed by atoms with van der Waals surface area (Å²) >= 11 is 0. The lowest BCUT2D eigenvalue weighted by molar-refractivity contribution is 0.0691. The number of carboxylic acid groups (broad SMARTS) is 1. The number of nitrogens with zero attached hydrogens (tertiary/aromatic N) is 2. The first-order valence-corrected chi connectivity index (χ1v) is 6.16. The maximum atomic E-state index is 11.0. The number of carbonyl (C=O) groups is 1. The van der Waals surface area contributed by atoms with Gasteiger partial charge in [0.05, 0.1) is 11.9 Å². The van der Waals surface area contributed by atoms with E-state index in [0.29, 0.717) is 5.69 Å². The van der Waals surface area contributed by atoms with Gasteiger partial charge < -0.3 is 10.8 Å². The van der Waals surface area contributed by atoms with Gasteiger partial charge in [0.15, 0.2) is 11.5 Å². The van der Waals surface area contributed by atoms with Crippen LogP contribution >= 0.6 is 0 Å². The van der Waals surface area contributed by atoms with Crippen LogP contribution in [0.5, 0.6) is 0 Å². The zero-order valence-corrected chi connectivity index (χ0v) is 11.9. The van der Waals surface area contributed by atoms with Crippen molar-refractivity contribution in [2.45, 2.75) is 20.8 Å². The highest BCUT2D eigenvalue weighted by molar-refractivity contribution is 5.90. The van der Waals surface area contributed by atoms with Crippen LogP contribution in [0.25, 0.3) is 5.57 Å². The smallest absolute Gasteiger partial charge is 0.358 e. The highest BCUT2D eigenvalue weighted by Gasteiger charge is 2.14. The molecule has 0 aliphatic rings. The minimum atomic E-state index is -1.19. The van der Waals surface area contributed by atoms with Crippen molar-refractivity contribution < 1.29 is 9.90 Å². The summed E-state index contributed by atoms with van der Waals surface area (Å²) in [5.74, 6) is -1.28. The number of allylic oxidation sites excluding steroid dienone is 5. The Kier molecular flexibility index (Phi) is 4.80. The Labute approximate surface area is 118 Å². The highest BCUT2D eigenvalue weighted by Crippen LogP contribution is 2.22. The molecular weight excluding hydrogens is 254 g/mol. The number of rotatable bonds is 5. The zero-order valence-electron chi connectivity index (χ0n) is 11.9. The zero-order chi connectivity index (χ0) is 15.3. The Morgan fingerprint density at radius 3 is 2.65 bits per heavy atom. The monoisotopic (exact) mass is 273 g/mol. The van der Waals surface area contributed by atoms with Gasteiger partial charge in [-0.15, -0.1) is 6.58 Å². The number of hydrogen-bond donors (Lipinski definition) is 2. The van der Waals surface area contributed by atoms with Gasteiger partial charge in [-0.05, 0) is 12.5 Å². The van der Waals surface area contributed by atoms with Gasteiger partial charge in [-0.3, -0.25) is 0 Å². The lowest BCUT2D eigenvalue weighted by Crippen LogP contribution is -2.09. The molecule has 1 aromatic rings. The summed E-state index contributed by atoms with van der Waals surface area (Å²) in [4.78, 5) is 18.9. The van der Waals surface area contributed by atoms with E-state index < -0.39 is 5.97 Å². The van der Waals surface area contributed by atoms with E-state index in [1.54, 1.807) is 0 Å². The number of aromatic carboxylic acids is 1. The number of carboxylic acids is 1. The van der Waals surface area contributed by atoms with Gasteiger partial charge in [0.25, 0.3) is 0 Å². The summed E-state index contributed by atoms with van der Waals surface area (Å²) < 4.78 is 0. The van der Waals surface area contributed by atoms with Gasteiger partial charge in [0, 0.05) is 5.41 Å². The quantitative estimate of drug-likeness (QED) is 0.636. The van der Waals surface area contributed by atoms with E-state index in [0.717, 1.165) is 5.57 Å². The Hall–Kier alpha value is -2.43. The van der Waals surface area contributed by atoms with Crippen LogP contribution in [0.4, 0.5) is 5.82 Å². The van der Waals surface area contributed by atoms with Crippen LogP contribution in [0, 0.1) is 5.41 Å². The van der Waals surface area contributed by atoms with Gasteiger partial charge in [-0.1, -0.05) is 38.2 Å². The van der Waals surface area contributed by atoms with E-state index in [4.69, 9.17) is 10.8 Å². The molecule has 0 aliphatic carbocycles. The van der Waals surface area contributed by atoms with Crippen LogP contribution < -0.4 is 5.73 Å². The Morgan fingerprint density at radius 1 is 1.50 bits per heavy atom. The Balaban J connectivity index is 3.18. The number of hydrogen-bond acceptors (Lipinski definition) is 4. The number of aromatic nitrogens is 2. The molecule has 0 fully saturated rings. The van der Waals surface area contributed by atoms with Crippen molar-refractivity contribution >= 4 is 17.4 Å². The Morgan fingerprint density at radius 2 is 2.15 bits per heavy atom. The van der Waals surface area contributed by atoms with Gasteiger partial charge in [0.2, 0.25) is 0 Å². The van der Waals surface area contributed by atoms with Crippen LogP contribution in [-0.2, 0) is 0 Å². The molecule has 1 rings (SSSR count). The van der Waals surface area contributed by atoms with Crippen LogP contribution in [0.15, 0.2) is 37.1 Å². The Bertz CT molecular complexity index is 587. The molecule has 5 heteroatoms. The van der Waals surface area contributed by atoms with E-state index in [9.17, 15) is 4.79 Å². The first-order chi connectivity index (χ1) is 9.30. The SMILES string of the molecule is C=CC(C)(C)/C=C\C(=C/C)c1cnc(N)c(C(=O)O)n1. The van der Waals surface area contributed by atoms with E-state index in [2.05, 4.69) is 16.5 Å². The normalized spacial score (nSPS) is 12.7. The topological polar surface area (TPSA) is 89.1 Å². The lowest BCUT2D eigenvalue weighted by Gasteiger charge is -2.13. The predicted octanol–water partition coefficient (Wildman–Crippen LogP) is 2.93. The van der Waals surface area contributed by atoms with Crippen molar-refractivity contribution in [1.29, 1.82) is 0 Å². The van der Waals surface area contributed by atoms with E-state index >= 15 is 0 Å². The van der Waals surface area contributed by atoms with Crippen molar-refractivity contribution in [2.75, 3.05) is 5.73 Å².